The van der Waals surface area contributed by atoms with Gasteiger partial charge in [-0.05, 0) is 76.3 Å². The van der Waals surface area contributed by atoms with Crippen LogP contribution in [0.4, 0.5) is 10.7 Å². The van der Waals surface area contributed by atoms with Gasteiger partial charge in [-0.25, -0.2) is 24.7 Å². The Labute approximate surface area is 214 Å². The molecule has 0 radical (unpaired) electrons. The van der Waals surface area contributed by atoms with Gasteiger partial charge in [0.15, 0.2) is 5.82 Å². The number of rotatable bonds is 3. The van der Waals surface area contributed by atoms with Crippen LogP contribution in [-0.2, 0) is 4.74 Å². The van der Waals surface area contributed by atoms with E-state index < -0.39 is 11.7 Å². The summed E-state index contributed by atoms with van der Waals surface area (Å²) in [5, 5.41) is 18.0. The van der Waals surface area contributed by atoms with Crippen molar-refractivity contribution < 1.29 is 14.6 Å². The zero-order valence-corrected chi connectivity index (χ0v) is 20.8. The largest absolute Gasteiger partial charge is 0.442 e. The molecule has 1 aromatic carbocycles. The van der Waals surface area contributed by atoms with Gasteiger partial charge in [0.05, 0.1) is 17.8 Å². The van der Waals surface area contributed by atoms with Crippen molar-refractivity contribution in [2.75, 3.05) is 5.32 Å². The number of hydrogen-bond acceptors (Lipinski definition) is 9. The van der Waals surface area contributed by atoms with Gasteiger partial charge in [-0.15, -0.1) is 0 Å². The summed E-state index contributed by atoms with van der Waals surface area (Å²) in [4.78, 5) is 30.1. The second kappa shape index (κ2) is 9.95. The summed E-state index contributed by atoms with van der Waals surface area (Å²) in [5.41, 5.74) is 1.91. The first-order chi connectivity index (χ1) is 17.7. The molecule has 0 bridgehead atoms. The van der Waals surface area contributed by atoms with Crippen molar-refractivity contribution in [3.05, 3.63) is 60.2 Å². The van der Waals surface area contributed by atoms with Gasteiger partial charge in [-0.3, -0.25) is 0 Å². The number of fused-ring (bicyclic) bond motifs is 1. The first-order valence-electron chi connectivity index (χ1n) is 12.1. The normalized spacial score (nSPS) is 17.3. The summed E-state index contributed by atoms with van der Waals surface area (Å²) < 4.78 is 6.66. The van der Waals surface area contributed by atoms with Crippen molar-refractivity contribution in [3.63, 3.8) is 0 Å². The molecule has 5 rings (SSSR count). The zero-order chi connectivity index (χ0) is 26.0. The third-order valence-electron chi connectivity index (χ3n) is 5.75. The third kappa shape index (κ3) is 5.90. The van der Waals surface area contributed by atoms with Crippen LogP contribution in [0.25, 0.3) is 22.4 Å². The molecule has 0 aliphatic heterocycles. The number of benzene rings is 1. The number of nitrogens with zero attached hydrogens (tertiary/aromatic N) is 6. The van der Waals surface area contributed by atoms with Crippen LogP contribution in [0.3, 0.4) is 0 Å². The minimum Gasteiger partial charge on any atom is -0.442 e. The lowest BCUT2D eigenvalue weighted by Crippen LogP contribution is -2.27. The lowest BCUT2D eigenvalue weighted by Gasteiger charge is -2.19. The Hall–Kier alpha value is -4.36. The third-order valence-corrected chi connectivity index (χ3v) is 5.75. The number of aliphatic hydroxyl groups excluding tert-OH is 1. The Kier molecular flexibility index (Phi) is 6.54. The Morgan fingerprint density at radius 3 is 2.73 bits per heavy atom. The first kappa shape index (κ1) is 24.3. The molecule has 1 saturated carbocycles. The molecule has 1 aliphatic rings. The molecule has 0 saturated heterocycles. The highest BCUT2D eigenvalue weighted by molar-refractivity contribution is 5.88. The molecule has 0 amide bonds. The number of carbonyl (C=O) groups is 1. The van der Waals surface area contributed by atoms with Crippen LogP contribution in [0.2, 0.25) is 0 Å². The number of nitrogens with one attached hydrogen (secondary N) is 1. The highest BCUT2D eigenvalue weighted by atomic mass is 16.6. The number of ether oxygens (including phenoxy) is 1. The van der Waals surface area contributed by atoms with E-state index in [4.69, 9.17) is 4.74 Å². The van der Waals surface area contributed by atoms with Gasteiger partial charge in [0, 0.05) is 29.4 Å². The maximum absolute atomic E-state index is 12.4. The molecule has 10 nitrogen and oxygen atoms in total. The molecule has 1 aliphatic carbocycles. The molecule has 10 heteroatoms. The quantitative estimate of drug-likeness (QED) is 0.406. The van der Waals surface area contributed by atoms with Gasteiger partial charge in [0.2, 0.25) is 5.95 Å². The van der Waals surface area contributed by atoms with Crippen molar-refractivity contribution in [2.24, 2.45) is 0 Å². The molecule has 4 aromatic rings. The summed E-state index contributed by atoms with van der Waals surface area (Å²) in [7, 11) is 0. The molecule has 2 N–H and O–H groups in total. The predicted molar refractivity (Wildman–Crippen MR) is 138 cm³/mol. The summed E-state index contributed by atoms with van der Waals surface area (Å²) in [6, 6.07) is 9.10. The van der Waals surface area contributed by atoms with E-state index in [1.165, 1.54) is 4.68 Å². The van der Waals surface area contributed by atoms with E-state index in [0.29, 0.717) is 35.1 Å². The van der Waals surface area contributed by atoms with Gasteiger partial charge >= 0.3 is 6.09 Å². The minimum absolute atomic E-state index is 0.150. The van der Waals surface area contributed by atoms with Gasteiger partial charge in [-0.2, -0.15) is 9.78 Å². The van der Waals surface area contributed by atoms with Gasteiger partial charge in [0.25, 0.3) is 0 Å². The van der Waals surface area contributed by atoms with E-state index in [9.17, 15) is 9.90 Å². The second-order valence-electron chi connectivity index (χ2n) is 9.90. The minimum atomic E-state index is -0.611. The summed E-state index contributed by atoms with van der Waals surface area (Å²) >= 11 is 0. The fraction of sp³-hybridized carbons (Fsp3) is 0.333. The smallest absolute Gasteiger partial charge is 0.435 e. The highest BCUT2D eigenvalue weighted by Crippen LogP contribution is 2.22. The van der Waals surface area contributed by atoms with Crippen LogP contribution in [0.5, 0.6) is 0 Å². The van der Waals surface area contributed by atoms with Crippen LogP contribution in [0.1, 0.15) is 51.3 Å². The topological polar surface area (TPSA) is 128 Å². The number of aromatic nitrogens is 6. The zero-order valence-electron chi connectivity index (χ0n) is 20.8. The molecular weight excluding hydrogens is 470 g/mol. The summed E-state index contributed by atoms with van der Waals surface area (Å²) in [6.07, 6.45) is 6.44. The van der Waals surface area contributed by atoms with Crippen LogP contribution in [0.15, 0.2) is 48.9 Å². The average molecular weight is 498 g/mol. The van der Waals surface area contributed by atoms with E-state index in [2.05, 4.69) is 42.2 Å². The maximum Gasteiger partial charge on any atom is 0.435 e. The fourth-order valence-corrected chi connectivity index (χ4v) is 4.07. The van der Waals surface area contributed by atoms with Crippen molar-refractivity contribution in [1.82, 2.24) is 29.7 Å². The molecule has 1 fully saturated rings. The predicted octanol–water partition coefficient (Wildman–Crippen LogP) is 3.79. The van der Waals surface area contributed by atoms with E-state index in [0.717, 1.165) is 23.8 Å². The van der Waals surface area contributed by atoms with E-state index in [1.807, 2.05) is 32.9 Å². The highest BCUT2D eigenvalue weighted by Gasteiger charge is 2.23. The van der Waals surface area contributed by atoms with Crippen LogP contribution in [0, 0.1) is 11.8 Å². The second-order valence-corrected chi connectivity index (χ2v) is 9.90. The summed E-state index contributed by atoms with van der Waals surface area (Å²) in [6.45, 7) is 5.43. The number of anilines is 1. The van der Waals surface area contributed by atoms with Crippen molar-refractivity contribution in [2.45, 2.75) is 57.8 Å². The van der Waals surface area contributed by atoms with Gasteiger partial charge < -0.3 is 15.2 Å². The Morgan fingerprint density at radius 2 is 1.95 bits per heavy atom. The van der Waals surface area contributed by atoms with E-state index in [-0.39, 0.29) is 12.1 Å². The van der Waals surface area contributed by atoms with Crippen LogP contribution < -0.4 is 5.32 Å². The Bertz CT molecular complexity index is 1510. The monoisotopic (exact) mass is 497 g/mol. The maximum atomic E-state index is 12.4. The summed E-state index contributed by atoms with van der Waals surface area (Å²) in [5.74, 6) is 7.10. The van der Waals surface area contributed by atoms with Gasteiger partial charge in [-0.1, -0.05) is 5.92 Å². The average Bonchev–Trinajstić information content (AvgIpc) is 3.47. The SMILES string of the molecule is CC(C)(C)OC(=O)n1ncc2cc(C#Cc3ccnc(-c4ccnc(N[C@H]5CC[C@H](O)C5)n4)n3)ccc21. The lowest BCUT2D eigenvalue weighted by molar-refractivity contribution is 0.0522. The van der Waals surface area contributed by atoms with Crippen molar-refractivity contribution >= 4 is 22.9 Å². The number of carbonyl (C=O) groups excluding carboxylic acids is 1. The molecule has 3 aromatic heterocycles. The van der Waals surface area contributed by atoms with Crippen LogP contribution >= 0.6 is 0 Å². The molecule has 3 heterocycles. The molecule has 0 spiro atoms. The Morgan fingerprint density at radius 1 is 1.11 bits per heavy atom. The number of aliphatic hydroxyl groups is 1. The molecular formula is C27H27N7O3. The molecule has 188 valence electrons. The van der Waals surface area contributed by atoms with Crippen molar-refractivity contribution in [1.29, 1.82) is 0 Å². The lowest BCUT2D eigenvalue weighted by atomic mass is 10.1. The number of hydrogen-bond donors (Lipinski definition) is 2. The molecule has 0 unspecified atom stereocenters. The molecule has 2 atom stereocenters. The van der Waals surface area contributed by atoms with E-state index in [1.54, 1.807) is 36.8 Å². The Balaban J connectivity index is 1.33. The van der Waals surface area contributed by atoms with Crippen LogP contribution in [-0.4, -0.2) is 58.7 Å². The van der Waals surface area contributed by atoms with Crippen molar-refractivity contribution in [3.8, 4) is 23.4 Å². The molecule has 37 heavy (non-hydrogen) atoms. The first-order valence-corrected chi connectivity index (χ1v) is 12.1. The van der Waals surface area contributed by atoms with E-state index >= 15 is 0 Å². The standard InChI is InChI=1S/C27H27N7O3/c1-27(2,3)37-26(36)34-23-9-5-17(14-18(23)16-30-34)4-6-19-10-12-28-24(31-19)22-11-13-29-25(33-22)32-20-7-8-21(35)15-20/h5,9-14,16,20-21,35H,7-8,15H2,1-3H3,(H,29,32,33)/t20-,21-/m0/s1. The fourth-order valence-electron chi connectivity index (χ4n) is 4.07. The van der Waals surface area contributed by atoms with Gasteiger partial charge in [0.1, 0.15) is 17.0 Å².